The predicted molar refractivity (Wildman–Crippen MR) is 82.7 cm³/mol. The zero-order valence-corrected chi connectivity index (χ0v) is 12.5. The first-order valence-electron chi connectivity index (χ1n) is 7.84. The zero-order chi connectivity index (χ0) is 13.8. The summed E-state index contributed by atoms with van der Waals surface area (Å²) in [7, 11) is 0. The van der Waals surface area contributed by atoms with E-state index < -0.39 is 0 Å². The third-order valence-electron chi connectivity index (χ3n) is 3.45. The van der Waals surface area contributed by atoms with Gasteiger partial charge in [-0.15, -0.1) is 0 Å². The maximum Gasteiger partial charge on any atom is 0.119 e. The molecule has 1 N–H and O–H groups in total. The van der Waals surface area contributed by atoms with Crippen molar-refractivity contribution in [3.05, 3.63) is 30.3 Å². The molecule has 0 spiro atoms. The van der Waals surface area contributed by atoms with Gasteiger partial charge in [-0.25, -0.2) is 0 Å². The number of rotatable bonds is 6. The number of ether oxygens (including phenoxy) is 1. The second-order valence-corrected chi connectivity index (χ2v) is 4.87. The maximum absolute atomic E-state index is 5.63. The van der Waals surface area contributed by atoms with E-state index in [1.165, 1.54) is 32.1 Å². The SMILES string of the molecule is CC.c1ccc(OCCNCC2CCCCC2)cc1. The lowest BCUT2D eigenvalue weighted by molar-refractivity contribution is 0.294. The standard InChI is InChI=1S/C15H23NO.C2H6/c1-3-7-14(8-4-1)13-16-11-12-17-15-9-5-2-6-10-15;1-2/h2,5-6,9-10,14,16H,1,3-4,7-8,11-13H2;1-2H3. The van der Waals surface area contributed by atoms with Crippen molar-refractivity contribution in [1.82, 2.24) is 5.32 Å². The number of hydrogen-bond donors (Lipinski definition) is 1. The van der Waals surface area contributed by atoms with Crippen molar-refractivity contribution < 1.29 is 4.74 Å². The molecule has 0 bridgehead atoms. The van der Waals surface area contributed by atoms with E-state index in [9.17, 15) is 0 Å². The Bertz CT molecular complexity index is 293. The van der Waals surface area contributed by atoms with Crippen LogP contribution in [0.1, 0.15) is 46.0 Å². The van der Waals surface area contributed by atoms with Gasteiger partial charge in [-0.2, -0.15) is 0 Å². The van der Waals surface area contributed by atoms with Gasteiger partial charge in [-0.3, -0.25) is 0 Å². The minimum atomic E-state index is 0.761. The average molecular weight is 263 g/mol. The lowest BCUT2D eigenvalue weighted by Gasteiger charge is -2.21. The molecule has 0 atom stereocenters. The van der Waals surface area contributed by atoms with Crippen LogP contribution < -0.4 is 10.1 Å². The highest BCUT2D eigenvalue weighted by Crippen LogP contribution is 2.22. The van der Waals surface area contributed by atoms with Gasteiger partial charge < -0.3 is 10.1 Å². The van der Waals surface area contributed by atoms with Gasteiger partial charge in [0.2, 0.25) is 0 Å². The van der Waals surface area contributed by atoms with Crippen LogP contribution in [0.15, 0.2) is 30.3 Å². The molecule has 1 aromatic rings. The van der Waals surface area contributed by atoms with E-state index in [1.807, 2.05) is 44.2 Å². The molecule has 2 rings (SSSR count). The molecule has 0 saturated heterocycles. The average Bonchev–Trinajstić information content (AvgIpc) is 2.51. The topological polar surface area (TPSA) is 21.3 Å². The van der Waals surface area contributed by atoms with Crippen molar-refractivity contribution in [3.63, 3.8) is 0 Å². The minimum absolute atomic E-state index is 0.761. The molecular weight excluding hydrogens is 234 g/mol. The Hall–Kier alpha value is -1.02. The Morgan fingerprint density at radius 3 is 2.42 bits per heavy atom. The van der Waals surface area contributed by atoms with Crippen molar-refractivity contribution in [3.8, 4) is 5.75 Å². The summed E-state index contributed by atoms with van der Waals surface area (Å²) in [5, 5.41) is 3.50. The second-order valence-electron chi connectivity index (χ2n) is 4.87. The molecule has 1 saturated carbocycles. The largest absolute Gasteiger partial charge is 0.492 e. The van der Waals surface area contributed by atoms with Gasteiger partial charge in [0.05, 0.1) is 0 Å². The Kier molecular flexibility index (Phi) is 9.17. The molecule has 0 aromatic heterocycles. The molecular formula is C17H29NO. The fourth-order valence-corrected chi connectivity index (χ4v) is 2.46. The molecule has 1 fully saturated rings. The van der Waals surface area contributed by atoms with Gasteiger partial charge in [0.25, 0.3) is 0 Å². The summed E-state index contributed by atoms with van der Waals surface area (Å²) in [6.07, 6.45) is 7.10. The molecule has 2 heteroatoms. The van der Waals surface area contributed by atoms with Crippen molar-refractivity contribution >= 4 is 0 Å². The summed E-state index contributed by atoms with van der Waals surface area (Å²) >= 11 is 0. The molecule has 2 nitrogen and oxygen atoms in total. The van der Waals surface area contributed by atoms with Gasteiger partial charge >= 0.3 is 0 Å². The molecule has 108 valence electrons. The fraction of sp³-hybridized carbons (Fsp3) is 0.647. The van der Waals surface area contributed by atoms with E-state index in [1.54, 1.807) is 0 Å². The quantitative estimate of drug-likeness (QED) is 0.774. The van der Waals surface area contributed by atoms with Gasteiger partial charge in [0.1, 0.15) is 12.4 Å². The molecule has 0 heterocycles. The summed E-state index contributed by atoms with van der Waals surface area (Å²) in [6, 6.07) is 10.0. The van der Waals surface area contributed by atoms with Crippen LogP contribution >= 0.6 is 0 Å². The minimum Gasteiger partial charge on any atom is -0.492 e. The lowest BCUT2D eigenvalue weighted by atomic mass is 9.89. The summed E-state index contributed by atoms with van der Waals surface area (Å²) in [5.41, 5.74) is 0. The zero-order valence-electron chi connectivity index (χ0n) is 12.5. The van der Waals surface area contributed by atoms with Crippen molar-refractivity contribution in [1.29, 1.82) is 0 Å². The number of nitrogens with one attached hydrogen (secondary N) is 1. The molecule has 0 amide bonds. The summed E-state index contributed by atoms with van der Waals surface area (Å²) < 4.78 is 5.63. The van der Waals surface area contributed by atoms with Crippen LogP contribution in [0, 0.1) is 5.92 Å². The Morgan fingerprint density at radius 2 is 1.74 bits per heavy atom. The highest BCUT2D eigenvalue weighted by atomic mass is 16.5. The van der Waals surface area contributed by atoms with E-state index in [0.29, 0.717) is 0 Å². The van der Waals surface area contributed by atoms with Gasteiger partial charge in [-0.1, -0.05) is 51.3 Å². The Labute approximate surface area is 118 Å². The first kappa shape index (κ1) is 16.0. The highest BCUT2D eigenvalue weighted by molar-refractivity contribution is 5.20. The number of benzene rings is 1. The highest BCUT2D eigenvalue weighted by Gasteiger charge is 2.12. The number of hydrogen-bond acceptors (Lipinski definition) is 2. The van der Waals surface area contributed by atoms with E-state index in [-0.39, 0.29) is 0 Å². The van der Waals surface area contributed by atoms with Crippen LogP contribution in [0.4, 0.5) is 0 Å². The van der Waals surface area contributed by atoms with Crippen LogP contribution in [-0.2, 0) is 0 Å². The second kappa shape index (κ2) is 10.9. The van der Waals surface area contributed by atoms with Crippen LogP contribution in [0.5, 0.6) is 5.75 Å². The van der Waals surface area contributed by atoms with Crippen LogP contribution in [0.2, 0.25) is 0 Å². The molecule has 19 heavy (non-hydrogen) atoms. The third-order valence-corrected chi connectivity index (χ3v) is 3.45. The van der Waals surface area contributed by atoms with E-state index in [2.05, 4.69) is 5.32 Å². The van der Waals surface area contributed by atoms with Crippen molar-refractivity contribution in [2.45, 2.75) is 46.0 Å². The Morgan fingerprint density at radius 1 is 1.05 bits per heavy atom. The van der Waals surface area contributed by atoms with Gasteiger partial charge in [0.15, 0.2) is 0 Å². The first-order chi connectivity index (χ1) is 9.45. The first-order valence-corrected chi connectivity index (χ1v) is 7.84. The summed E-state index contributed by atoms with van der Waals surface area (Å²) in [6.45, 7) is 6.88. The fourth-order valence-electron chi connectivity index (χ4n) is 2.46. The molecule has 1 aromatic carbocycles. The molecule has 1 aliphatic carbocycles. The third kappa shape index (κ3) is 7.22. The lowest BCUT2D eigenvalue weighted by Crippen LogP contribution is -2.28. The molecule has 0 radical (unpaired) electrons. The van der Waals surface area contributed by atoms with E-state index in [4.69, 9.17) is 4.74 Å². The molecule has 0 unspecified atom stereocenters. The maximum atomic E-state index is 5.63. The van der Waals surface area contributed by atoms with Crippen LogP contribution in [0.3, 0.4) is 0 Å². The van der Waals surface area contributed by atoms with E-state index >= 15 is 0 Å². The number of para-hydroxylation sites is 1. The summed E-state index contributed by atoms with van der Waals surface area (Å²) in [4.78, 5) is 0. The van der Waals surface area contributed by atoms with Crippen molar-refractivity contribution in [2.75, 3.05) is 19.7 Å². The van der Waals surface area contributed by atoms with Crippen LogP contribution in [-0.4, -0.2) is 19.7 Å². The Balaban J connectivity index is 0.000000861. The predicted octanol–water partition coefficient (Wildman–Crippen LogP) is 4.26. The monoisotopic (exact) mass is 263 g/mol. The molecule has 1 aliphatic rings. The van der Waals surface area contributed by atoms with Crippen LogP contribution in [0.25, 0.3) is 0 Å². The van der Waals surface area contributed by atoms with E-state index in [0.717, 1.165) is 31.4 Å². The van der Waals surface area contributed by atoms with Gasteiger partial charge in [0, 0.05) is 6.54 Å². The van der Waals surface area contributed by atoms with Gasteiger partial charge in [-0.05, 0) is 37.4 Å². The van der Waals surface area contributed by atoms with Crippen molar-refractivity contribution in [2.24, 2.45) is 5.92 Å². The normalized spacial score (nSPS) is 15.5. The molecule has 0 aliphatic heterocycles. The smallest absolute Gasteiger partial charge is 0.119 e. The summed E-state index contributed by atoms with van der Waals surface area (Å²) in [5.74, 6) is 1.87.